The van der Waals surface area contributed by atoms with E-state index in [0.717, 1.165) is 22.4 Å². The quantitative estimate of drug-likeness (QED) is 0.440. The normalized spacial score (nSPS) is 10.8. The zero-order valence-corrected chi connectivity index (χ0v) is 16.5. The zero-order chi connectivity index (χ0) is 20.2. The van der Waals surface area contributed by atoms with Gasteiger partial charge in [-0.3, -0.25) is 0 Å². The highest BCUT2D eigenvalue weighted by Crippen LogP contribution is 2.21. The summed E-state index contributed by atoms with van der Waals surface area (Å²) >= 11 is 0. The molecular weight excluding hydrogens is 364 g/mol. The molecule has 0 bridgehead atoms. The van der Waals surface area contributed by atoms with Crippen molar-refractivity contribution < 1.29 is 14.3 Å². The Bertz CT molecular complexity index is 1150. The van der Waals surface area contributed by atoms with Gasteiger partial charge in [-0.15, -0.1) is 0 Å². The summed E-state index contributed by atoms with van der Waals surface area (Å²) in [6.45, 7) is 4.72. The lowest BCUT2D eigenvalue weighted by Crippen LogP contribution is -2.15. The molecule has 0 unspecified atom stereocenters. The monoisotopic (exact) mass is 386 g/mol. The number of benzene rings is 3. The number of aromatic nitrogens is 2. The average molecular weight is 386 g/mol. The molecule has 0 N–H and O–H groups in total. The fraction of sp³-hybridized carbons (Fsp3) is 0.167. The molecule has 1 aromatic heterocycles. The van der Waals surface area contributed by atoms with E-state index in [4.69, 9.17) is 9.47 Å². The van der Waals surface area contributed by atoms with Crippen molar-refractivity contribution in [3.63, 3.8) is 0 Å². The Balaban J connectivity index is 1.41. The maximum atomic E-state index is 12.4. The number of nitrogens with zero attached hydrogens (tertiary/aromatic N) is 2. The summed E-state index contributed by atoms with van der Waals surface area (Å²) in [5.41, 5.74) is 2.38. The maximum absolute atomic E-state index is 12.4. The van der Waals surface area contributed by atoms with Gasteiger partial charge in [0.25, 0.3) is 0 Å². The fourth-order valence-electron chi connectivity index (χ4n) is 3.11. The van der Waals surface area contributed by atoms with E-state index in [-0.39, 0.29) is 0 Å². The third kappa shape index (κ3) is 4.46. The van der Waals surface area contributed by atoms with Gasteiger partial charge in [0.2, 0.25) is 5.88 Å². The predicted octanol–water partition coefficient (Wildman–Crippen LogP) is 4.95. The van der Waals surface area contributed by atoms with Gasteiger partial charge in [0.1, 0.15) is 12.4 Å². The lowest BCUT2D eigenvalue weighted by atomic mass is 10.1. The molecule has 1 heterocycles. The molecule has 29 heavy (non-hydrogen) atoms. The lowest BCUT2D eigenvalue weighted by molar-refractivity contribution is 0.0716. The minimum absolute atomic E-state index is 0.401. The van der Waals surface area contributed by atoms with Gasteiger partial charge in [-0.1, -0.05) is 48.0 Å². The van der Waals surface area contributed by atoms with E-state index in [9.17, 15) is 4.79 Å². The van der Waals surface area contributed by atoms with Gasteiger partial charge in [-0.2, -0.15) is 5.10 Å². The molecule has 0 spiro atoms. The highest BCUT2D eigenvalue weighted by atomic mass is 16.5. The summed E-state index contributed by atoms with van der Waals surface area (Å²) in [5, 5.41) is 6.72. The standard InChI is InChI=1S/C24H22N2O3/c1-17-7-9-20(10-8-17)24(27)29-23-15-18(2)25-26(23)13-14-28-22-12-11-19-5-3-4-6-21(19)16-22/h3-12,15-16H,13-14H2,1-2H3. The van der Waals surface area contributed by atoms with Gasteiger partial charge in [0.15, 0.2) is 0 Å². The molecular formula is C24H22N2O3. The van der Waals surface area contributed by atoms with E-state index in [1.165, 1.54) is 5.39 Å². The van der Waals surface area contributed by atoms with Gasteiger partial charge in [-0.05, 0) is 48.9 Å². The minimum Gasteiger partial charge on any atom is -0.492 e. The first-order chi connectivity index (χ1) is 14.1. The number of carbonyl (C=O) groups excluding carboxylic acids is 1. The van der Waals surface area contributed by atoms with Crippen LogP contribution in [0.25, 0.3) is 10.8 Å². The molecule has 0 aliphatic carbocycles. The van der Waals surface area contributed by atoms with E-state index in [1.807, 2.05) is 56.3 Å². The van der Waals surface area contributed by atoms with E-state index in [0.29, 0.717) is 24.6 Å². The molecule has 4 rings (SSSR count). The Labute approximate surface area is 169 Å². The maximum Gasteiger partial charge on any atom is 0.344 e. The van der Waals surface area contributed by atoms with E-state index in [2.05, 4.69) is 17.2 Å². The van der Waals surface area contributed by atoms with Gasteiger partial charge < -0.3 is 9.47 Å². The molecule has 3 aromatic carbocycles. The number of ether oxygens (including phenoxy) is 2. The number of esters is 1. The van der Waals surface area contributed by atoms with Crippen LogP contribution in [0.2, 0.25) is 0 Å². The van der Waals surface area contributed by atoms with Crippen molar-refractivity contribution in [3.05, 3.63) is 89.6 Å². The van der Waals surface area contributed by atoms with E-state index in [1.54, 1.807) is 22.9 Å². The SMILES string of the molecule is Cc1ccc(C(=O)Oc2cc(C)nn2CCOc2ccc3ccccc3c2)cc1. The van der Waals surface area contributed by atoms with Crippen molar-refractivity contribution in [3.8, 4) is 11.6 Å². The molecule has 4 aromatic rings. The molecule has 0 radical (unpaired) electrons. The molecule has 5 heteroatoms. The van der Waals surface area contributed by atoms with E-state index >= 15 is 0 Å². The number of hydrogen-bond acceptors (Lipinski definition) is 4. The molecule has 146 valence electrons. The molecule has 0 aliphatic rings. The first-order valence-electron chi connectivity index (χ1n) is 9.53. The van der Waals surface area contributed by atoms with Crippen LogP contribution in [0.1, 0.15) is 21.6 Å². The van der Waals surface area contributed by atoms with Crippen LogP contribution in [0.5, 0.6) is 11.6 Å². The highest BCUT2D eigenvalue weighted by Gasteiger charge is 2.13. The highest BCUT2D eigenvalue weighted by molar-refractivity contribution is 5.90. The molecule has 0 saturated carbocycles. The number of aryl methyl sites for hydroxylation is 2. The minimum atomic E-state index is -0.401. The predicted molar refractivity (Wildman–Crippen MR) is 113 cm³/mol. The van der Waals surface area contributed by atoms with Gasteiger partial charge in [0.05, 0.1) is 17.8 Å². The summed E-state index contributed by atoms with van der Waals surface area (Å²) in [6, 6.07) is 23.2. The molecule has 0 atom stereocenters. The topological polar surface area (TPSA) is 53.3 Å². The number of fused-ring (bicyclic) bond motifs is 1. The van der Waals surface area contributed by atoms with Crippen LogP contribution in [0.3, 0.4) is 0 Å². The summed E-state index contributed by atoms with van der Waals surface area (Å²) in [5.74, 6) is 0.808. The van der Waals surface area contributed by atoms with Crippen LogP contribution in [-0.2, 0) is 6.54 Å². The molecule has 5 nitrogen and oxygen atoms in total. The molecule has 0 saturated heterocycles. The first kappa shape index (κ1) is 18.7. The summed E-state index contributed by atoms with van der Waals surface area (Å²) in [6.07, 6.45) is 0. The molecule has 0 fully saturated rings. The van der Waals surface area contributed by atoms with Crippen LogP contribution >= 0.6 is 0 Å². The van der Waals surface area contributed by atoms with Crippen LogP contribution in [0, 0.1) is 13.8 Å². The smallest absolute Gasteiger partial charge is 0.344 e. The third-order valence-corrected chi connectivity index (χ3v) is 4.64. The third-order valence-electron chi connectivity index (χ3n) is 4.64. The molecule has 0 amide bonds. The Morgan fingerprint density at radius 3 is 2.48 bits per heavy atom. The summed E-state index contributed by atoms with van der Waals surface area (Å²) in [4.78, 5) is 12.4. The zero-order valence-electron chi connectivity index (χ0n) is 16.5. The van der Waals surface area contributed by atoms with Crippen LogP contribution in [0.4, 0.5) is 0 Å². The Morgan fingerprint density at radius 2 is 1.69 bits per heavy atom. The Kier molecular flexibility index (Phi) is 5.29. The van der Waals surface area contributed by atoms with Gasteiger partial charge in [-0.25, -0.2) is 9.48 Å². The average Bonchev–Trinajstić information content (AvgIpc) is 3.07. The second kappa shape index (κ2) is 8.19. The van der Waals surface area contributed by atoms with Crippen molar-refractivity contribution in [2.24, 2.45) is 0 Å². The summed E-state index contributed by atoms with van der Waals surface area (Å²) in [7, 11) is 0. The number of rotatable bonds is 6. The largest absolute Gasteiger partial charge is 0.492 e. The fourth-order valence-corrected chi connectivity index (χ4v) is 3.11. The first-order valence-corrected chi connectivity index (χ1v) is 9.53. The van der Waals surface area contributed by atoms with Crippen molar-refractivity contribution >= 4 is 16.7 Å². The Morgan fingerprint density at radius 1 is 0.931 bits per heavy atom. The number of carbonyl (C=O) groups is 1. The number of hydrogen-bond donors (Lipinski definition) is 0. The van der Waals surface area contributed by atoms with Gasteiger partial charge >= 0.3 is 5.97 Å². The lowest BCUT2D eigenvalue weighted by Gasteiger charge is -2.10. The van der Waals surface area contributed by atoms with Crippen LogP contribution in [-0.4, -0.2) is 22.4 Å². The van der Waals surface area contributed by atoms with Crippen LogP contribution in [0.15, 0.2) is 72.8 Å². The Hall–Kier alpha value is -3.60. The van der Waals surface area contributed by atoms with Crippen molar-refractivity contribution in [2.45, 2.75) is 20.4 Å². The van der Waals surface area contributed by atoms with Crippen molar-refractivity contribution in [1.29, 1.82) is 0 Å². The summed E-state index contributed by atoms with van der Waals surface area (Å²) < 4.78 is 13.1. The van der Waals surface area contributed by atoms with Crippen molar-refractivity contribution in [2.75, 3.05) is 6.61 Å². The van der Waals surface area contributed by atoms with Gasteiger partial charge in [0, 0.05) is 6.07 Å². The molecule has 0 aliphatic heterocycles. The second-order valence-corrected chi connectivity index (χ2v) is 6.96. The van der Waals surface area contributed by atoms with E-state index < -0.39 is 5.97 Å². The second-order valence-electron chi connectivity index (χ2n) is 6.96. The van der Waals surface area contributed by atoms with Crippen LogP contribution < -0.4 is 9.47 Å². The van der Waals surface area contributed by atoms with Crippen molar-refractivity contribution in [1.82, 2.24) is 9.78 Å².